The van der Waals surface area contributed by atoms with E-state index in [0.717, 1.165) is 60.8 Å². The van der Waals surface area contributed by atoms with Gasteiger partial charge in [-0.1, -0.05) is 54.2 Å². The molecule has 3 nitrogen and oxygen atoms in total. The molecule has 0 radical (unpaired) electrons. The highest BCUT2D eigenvalue weighted by Crippen LogP contribution is 2.40. The molecule has 1 spiro atoms. The van der Waals surface area contributed by atoms with Crippen LogP contribution in [0.15, 0.2) is 33.7 Å². The average molecular weight is 363 g/mol. The molecule has 118 valence electrons. The first-order chi connectivity index (χ1) is 10.6. The molecule has 1 saturated carbocycles. The standard InChI is InChI=1S/C18H23BrN2O/c1-2-3-6-16-20-18(11-4-5-12-18)17(22)21(16)13-14-7-9-15(19)10-8-14/h7-10H,2-6,11-13H2,1H3. The van der Waals surface area contributed by atoms with E-state index in [4.69, 9.17) is 4.99 Å². The van der Waals surface area contributed by atoms with Crippen molar-refractivity contribution in [3.63, 3.8) is 0 Å². The Morgan fingerprint density at radius 3 is 2.55 bits per heavy atom. The van der Waals surface area contributed by atoms with Crippen molar-refractivity contribution >= 4 is 27.7 Å². The molecule has 0 N–H and O–H groups in total. The lowest BCUT2D eigenvalue weighted by molar-refractivity contribution is -0.131. The Labute approximate surface area is 140 Å². The molecule has 1 amide bonds. The summed E-state index contributed by atoms with van der Waals surface area (Å²) in [6.45, 7) is 2.83. The number of aliphatic imine (C=N–C) groups is 1. The van der Waals surface area contributed by atoms with E-state index >= 15 is 0 Å². The van der Waals surface area contributed by atoms with Crippen molar-refractivity contribution in [3.05, 3.63) is 34.3 Å². The summed E-state index contributed by atoms with van der Waals surface area (Å²) < 4.78 is 1.07. The van der Waals surface area contributed by atoms with Gasteiger partial charge >= 0.3 is 0 Å². The largest absolute Gasteiger partial charge is 0.294 e. The molecular weight excluding hydrogens is 340 g/mol. The van der Waals surface area contributed by atoms with Crippen LogP contribution in [0, 0.1) is 0 Å². The van der Waals surface area contributed by atoms with Gasteiger partial charge in [0.05, 0.1) is 6.54 Å². The van der Waals surface area contributed by atoms with Gasteiger partial charge in [-0.05, 0) is 37.0 Å². The summed E-state index contributed by atoms with van der Waals surface area (Å²) in [7, 11) is 0. The number of unbranched alkanes of at least 4 members (excludes halogenated alkanes) is 1. The molecule has 1 heterocycles. The topological polar surface area (TPSA) is 32.7 Å². The molecule has 2 aliphatic rings. The van der Waals surface area contributed by atoms with Crippen LogP contribution in [-0.2, 0) is 11.3 Å². The molecule has 0 aromatic heterocycles. The minimum atomic E-state index is -0.418. The Morgan fingerprint density at radius 2 is 1.91 bits per heavy atom. The second-order valence-corrected chi connectivity index (χ2v) is 7.30. The minimum absolute atomic E-state index is 0.235. The molecule has 1 aliphatic carbocycles. The Bertz CT molecular complexity index is 573. The van der Waals surface area contributed by atoms with Crippen LogP contribution in [0.1, 0.15) is 57.4 Å². The number of nitrogens with zero attached hydrogens (tertiary/aromatic N) is 2. The van der Waals surface area contributed by atoms with E-state index in [1.165, 1.54) is 0 Å². The summed E-state index contributed by atoms with van der Waals surface area (Å²) >= 11 is 3.46. The molecule has 0 atom stereocenters. The molecule has 1 fully saturated rings. The lowest BCUT2D eigenvalue weighted by Crippen LogP contribution is -2.40. The summed E-state index contributed by atoms with van der Waals surface area (Å²) in [5.74, 6) is 1.25. The van der Waals surface area contributed by atoms with Crippen LogP contribution in [0.25, 0.3) is 0 Å². The number of carbonyl (C=O) groups is 1. The zero-order valence-corrected chi connectivity index (χ0v) is 14.7. The molecule has 0 bridgehead atoms. The number of amidine groups is 1. The maximum atomic E-state index is 13.0. The van der Waals surface area contributed by atoms with E-state index in [2.05, 4.69) is 35.0 Å². The van der Waals surface area contributed by atoms with Crippen LogP contribution in [0.5, 0.6) is 0 Å². The van der Waals surface area contributed by atoms with Gasteiger partial charge in [-0.25, -0.2) is 0 Å². The summed E-state index contributed by atoms with van der Waals surface area (Å²) in [5, 5.41) is 0. The fourth-order valence-corrected chi connectivity index (χ4v) is 3.73. The smallest absolute Gasteiger partial charge is 0.256 e. The first kappa shape index (κ1) is 15.7. The average Bonchev–Trinajstić information content (AvgIpc) is 3.09. The van der Waals surface area contributed by atoms with Crippen LogP contribution < -0.4 is 0 Å². The Balaban J connectivity index is 1.82. The Hall–Kier alpha value is -1.16. The van der Waals surface area contributed by atoms with Crippen molar-refractivity contribution in [1.29, 1.82) is 0 Å². The monoisotopic (exact) mass is 362 g/mol. The van der Waals surface area contributed by atoms with Crippen LogP contribution >= 0.6 is 15.9 Å². The van der Waals surface area contributed by atoms with Crippen molar-refractivity contribution in [2.24, 2.45) is 4.99 Å². The van der Waals surface area contributed by atoms with E-state index in [0.29, 0.717) is 6.54 Å². The molecule has 22 heavy (non-hydrogen) atoms. The molecule has 4 heteroatoms. The van der Waals surface area contributed by atoms with Crippen molar-refractivity contribution in [2.45, 2.75) is 64.0 Å². The Kier molecular flexibility index (Phi) is 4.67. The van der Waals surface area contributed by atoms with Crippen molar-refractivity contribution in [2.75, 3.05) is 0 Å². The first-order valence-corrected chi connectivity index (χ1v) is 9.09. The van der Waals surface area contributed by atoms with Gasteiger partial charge in [-0.2, -0.15) is 0 Å². The number of hydrogen-bond acceptors (Lipinski definition) is 2. The van der Waals surface area contributed by atoms with Crippen LogP contribution in [-0.4, -0.2) is 22.2 Å². The lowest BCUT2D eigenvalue weighted by Gasteiger charge is -2.22. The van der Waals surface area contributed by atoms with Gasteiger partial charge in [-0.3, -0.25) is 14.7 Å². The third-order valence-corrected chi connectivity index (χ3v) is 5.27. The fourth-order valence-electron chi connectivity index (χ4n) is 3.47. The number of halogens is 1. The zero-order chi connectivity index (χ0) is 15.6. The molecule has 3 rings (SSSR count). The predicted molar refractivity (Wildman–Crippen MR) is 92.9 cm³/mol. The number of amides is 1. The summed E-state index contributed by atoms with van der Waals surface area (Å²) in [6, 6.07) is 8.22. The first-order valence-electron chi connectivity index (χ1n) is 8.30. The molecule has 0 saturated heterocycles. The van der Waals surface area contributed by atoms with Gasteiger partial charge in [0, 0.05) is 10.9 Å². The van der Waals surface area contributed by atoms with Gasteiger partial charge in [0.2, 0.25) is 0 Å². The minimum Gasteiger partial charge on any atom is -0.294 e. The quantitative estimate of drug-likeness (QED) is 0.747. The van der Waals surface area contributed by atoms with E-state index in [-0.39, 0.29) is 5.91 Å². The molecule has 1 aromatic rings. The summed E-state index contributed by atoms with van der Waals surface area (Å²) in [6.07, 6.45) is 7.26. The normalized spacial score (nSPS) is 20.0. The predicted octanol–water partition coefficient (Wildman–Crippen LogP) is 4.69. The highest BCUT2D eigenvalue weighted by atomic mass is 79.9. The fraction of sp³-hybridized carbons (Fsp3) is 0.556. The summed E-state index contributed by atoms with van der Waals surface area (Å²) in [5.41, 5.74) is 0.745. The SMILES string of the molecule is CCCCC1=NC2(CCCC2)C(=O)N1Cc1ccc(Br)cc1. The van der Waals surface area contributed by atoms with Gasteiger partial charge in [0.1, 0.15) is 11.4 Å². The van der Waals surface area contributed by atoms with Gasteiger partial charge < -0.3 is 0 Å². The highest BCUT2D eigenvalue weighted by Gasteiger charge is 2.49. The molecule has 1 aromatic carbocycles. The van der Waals surface area contributed by atoms with E-state index < -0.39 is 5.54 Å². The number of carbonyl (C=O) groups excluding carboxylic acids is 1. The van der Waals surface area contributed by atoms with Crippen LogP contribution in [0.4, 0.5) is 0 Å². The van der Waals surface area contributed by atoms with Crippen LogP contribution in [0.3, 0.4) is 0 Å². The maximum absolute atomic E-state index is 13.0. The van der Waals surface area contributed by atoms with E-state index in [1.54, 1.807) is 0 Å². The molecule has 0 unspecified atom stereocenters. The maximum Gasteiger partial charge on any atom is 0.256 e. The van der Waals surface area contributed by atoms with E-state index in [9.17, 15) is 4.79 Å². The Morgan fingerprint density at radius 1 is 1.23 bits per heavy atom. The van der Waals surface area contributed by atoms with Gasteiger partial charge in [0.15, 0.2) is 0 Å². The third kappa shape index (κ3) is 2.98. The molecule has 1 aliphatic heterocycles. The van der Waals surface area contributed by atoms with Crippen LogP contribution in [0.2, 0.25) is 0 Å². The van der Waals surface area contributed by atoms with Crippen molar-refractivity contribution in [3.8, 4) is 0 Å². The van der Waals surface area contributed by atoms with Crippen molar-refractivity contribution in [1.82, 2.24) is 4.90 Å². The lowest BCUT2D eigenvalue weighted by atomic mass is 9.98. The van der Waals surface area contributed by atoms with Gasteiger partial charge in [-0.15, -0.1) is 0 Å². The number of hydrogen-bond donors (Lipinski definition) is 0. The number of benzene rings is 1. The third-order valence-electron chi connectivity index (χ3n) is 4.74. The number of rotatable bonds is 5. The van der Waals surface area contributed by atoms with Crippen molar-refractivity contribution < 1.29 is 4.79 Å². The van der Waals surface area contributed by atoms with E-state index in [1.807, 2.05) is 17.0 Å². The zero-order valence-electron chi connectivity index (χ0n) is 13.1. The second kappa shape index (κ2) is 6.53. The molecular formula is C18H23BrN2O. The van der Waals surface area contributed by atoms with Gasteiger partial charge in [0.25, 0.3) is 5.91 Å². The highest BCUT2D eigenvalue weighted by molar-refractivity contribution is 9.10. The second-order valence-electron chi connectivity index (χ2n) is 6.39. The summed E-state index contributed by atoms with van der Waals surface area (Å²) in [4.78, 5) is 19.8.